The van der Waals surface area contributed by atoms with Crippen LogP contribution in [0.25, 0.3) is 5.65 Å². The summed E-state index contributed by atoms with van der Waals surface area (Å²) in [5.41, 5.74) is -0.585. The monoisotopic (exact) mass is 276 g/mol. The normalized spacial score (nSPS) is 17.2. The van der Waals surface area contributed by atoms with E-state index in [1.807, 2.05) is 6.92 Å². The Bertz CT molecular complexity index is 712. The first-order valence-corrected chi connectivity index (χ1v) is 6.57. The molecule has 1 fully saturated rings. The van der Waals surface area contributed by atoms with E-state index in [9.17, 15) is 14.7 Å². The van der Waals surface area contributed by atoms with Gasteiger partial charge in [0.2, 0.25) is 5.91 Å². The van der Waals surface area contributed by atoms with Crippen molar-refractivity contribution in [1.29, 1.82) is 0 Å². The first kappa shape index (κ1) is 12.9. The molecule has 0 aliphatic carbocycles. The van der Waals surface area contributed by atoms with E-state index in [2.05, 4.69) is 5.10 Å². The minimum atomic E-state index is -0.764. The molecule has 0 spiro atoms. The Morgan fingerprint density at radius 1 is 1.45 bits per heavy atom. The molecular weight excluding hydrogens is 260 g/mol. The number of carbonyl (C=O) groups is 1. The summed E-state index contributed by atoms with van der Waals surface area (Å²) < 4.78 is 2.55. The maximum atomic E-state index is 12.0. The van der Waals surface area contributed by atoms with Crippen LogP contribution in [-0.2, 0) is 11.3 Å². The van der Waals surface area contributed by atoms with Gasteiger partial charge in [0.1, 0.15) is 6.54 Å². The quantitative estimate of drug-likeness (QED) is 0.818. The molecule has 0 unspecified atom stereocenters. The van der Waals surface area contributed by atoms with Gasteiger partial charge in [0, 0.05) is 6.20 Å². The van der Waals surface area contributed by atoms with Gasteiger partial charge in [0.25, 0.3) is 0 Å². The summed E-state index contributed by atoms with van der Waals surface area (Å²) in [7, 11) is 0. The zero-order valence-electron chi connectivity index (χ0n) is 11.2. The van der Waals surface area contributed by atoms with E-state index in [0.29, 0.717) is 25.2 Å². The van der Waals surface area contributed by atoms with Crippen LogP contribution >= 0.6 is 0 Å². The summed E-state index contributed by atoms with van der Waals surface area (Å²) in [6.45, 7) is 2.43. The number of fused-ring (bicyclic) bond motifs is 1. The summed E-state index contributed by atoms with van der Waals surface area (Å²) in [4.78, 5) is 25.6. The number of nitrogens with zero attached hydrogens (tertiary/aromatic N) is 4. The number of pyridine rings is 1. The first-order valence-electron chi connectivity index (χ1n) is 6.57. The van der Waals surface area contributed by atoms with Crippen molar-refractivity contribution in [3.63, 3.8) is 0 Å². The Balaban J connectivity index is 1.76. The highest BCUT2D eigenvalue weighted by Crippen LogP contribution is 2.23. The molecule has 0 saturated carbocycles. The van der Waals surface area contributed by atoms with Gasteiger partial charge in [-0.25, -0.2) is 9.48 Å². The Hall–Kier alpha value is -2.15. The maximum Gasteiger partial charge on any atom is 0.350 e. The Kier molecular flexibility index (Phi) is 2.86. The molecule has 1 N–H and O–H groups in total. The first-order chi connectivity index (χ1) is 9.52. The van der Waals surface area contributed by atoms with Crippen LogP contribution in [-0.4, -0.2) is 48.8 Å². The van der Waals surface area contributed by atoms with Crippen LogP contribution < -0.4 is 5.69 Å². The average Bonchev–Trinajstić information content (AvgIpc) is 2.72. The number of hydrogen-bond donors (Lipinski definition) is 1. The zero-order chi connectivity index (χ0) is 14.3. The van der Waals surface area contributed by atoms with Crippen molar-refractivity contribution < 1.29 is 9.90 Å². The number of rotatable bonds is 3. The fourth-order valence-electron chi connectivity index (χ4n) is 2.36. The molecule has 1 amide bonds. The van der Waals surface area contributed by atoms with Crippen molar-refractivity contribution in [2.75, 3.05) is 13.1 Å². The van der Waals surface area contributed by atoms with Crippen molar-refractivity contribution in [2.45, 2.75) is 25.5 Å². The highest BCUT2D eigenvalue weighted by molar-refractivity contribution is 5.77. The molecule has 0 aromatic carbocycles. The van der Waals surface area contributed by atoms with Crippen molar-refractivity contribution in [3.8, 4) is 0 Å². The smallest absolute Gasteiger partial charge is 0.350 e. The van der Waals surface area contributed by atoms with Gasteiger partial charge in [-0.3, -0.25) is 9.20 Å². The van der Waals surface area contributed by atoms with Gasteiger partial charge in [-0.1, -0.05) is 13.0 Å². The van der Waals surface area contributed by atoms with Gasteiger partial charge in [0.15, 0.2) is 5.65 Å². The zero-order valence-corrected chi connectivity index (χ0v) is 11.2. The van der Waals surface area contributed by atoms with Crippen LogP contribution in [0.5, 0.6) is 0 Å². The van der Waals surface area contributed by atoms with Crippen LogP contribution in [0, 0.1) is 0 Å². The van der Waals surface area contributed by atoms with E-state index in [1.54, 1.807) is 29.3 Å². The Morgan fingerprint density at radius 3 is 2.85 bits per heavy atom. The molecule has 20 heavy (non-hydrogen) atoms. The lowest BCUT2D eigenvalue weighted by Crippen LogP contribution is -2.63. The average molecular weight is 276 g/mol. The second-order valence-electron chi connectivity index (χ2n) is 5.20. The lowest BCUT2D eigenvalue weighted by Gasteiger charge is -2.46. The molecule has 1 aliphatic heterocycles. The maximum absolute atomic E-state index is 12.0. The van der Waals surface area contributed by atoms with E-state index in [1.165, 1.54) is 4.40 Å². The minimum absolute atomic E-state index is 0.0969. The lowest BCUT2D eigenvalue weighted by atomic mass is 9.91. The second-order valence-corrected chi connectivity index (χ2v) is 5.20. The molecule has 0 radical (unpaired) electrons. The third-order valence-electron chi connectivity index (χ3n) is 3.75. The highest BCUT2D eigenvalue weighted by Gasteiger charge is 2.41. The number of aliphatic hydroxyl groups is 1. The molecule has 1 saturated heterocycles. The summed E-state index contributed by atoms with van der Waals surface area (Å²) in [6.07, 6.45) is 2.23. The fraction of sp³-hybridized carbons (Fsp3) is 0.462. The molecule has 7 heteroatoms. The Morgan fingerprint density at radius 2 is 2.20 bits per heavy atom. The SMILES string of the molecule is CCC1(O)CN(C(=O)Cn2nc3ccccn3c2=O)C1. The van der Waals surface area contributed by atoms with Crippen molar-refractivity contribution in [3.05, 3.63) is 34.9 Å². The second kappa shape index (κ2) is 4.45. The number of aromatic nitrogens is 3. The van der Waals surface area contributed by atoms with Crippen LogP contribution in [0.3, 0.4) is 0 Å². The topological polar surface area (TPSA) is 79.8 Å². The molecule has 2 aromatic heterocycles. The fourth-order valence-corrected chi connectivity index (χ4v) is 2.36. The molecule has 2 aromatic rings. The summed E-state index contributed by atoms with van der Waals surface area (Å²) in [6, 6.07) is 5.23. The number of carbonyl (C=O) groups excluding carboxylic acids is 1. The van der Waals surface area contributed by atoms with Gasteiger partial charge in [-0.15, -0.1) is 5.10 Å². The molecular formula is C13H16N4O3. The standard InChI is InChI=1S/C13H16N4O3/c1-2-13(20)8-15(9-13)11(18)7-17-12(19)16-6-4-3-5-10(16)14-17/h3-6,20H,2,7-9H2,1H3. The summed E-state index contributed by atoms with van der Waals surface area (Å²) in [5.74, 6) is -0.200. The Labute approximate surface area is 115 Å². The van der Waals surface area contributed by atoms with Gasteiger partial charge in [-0.2, -0.15) is 0 Å². The predicted octanol–water partition coefficient (Wildman–Crippen LogP) is -0.521. The van der Waals surface area contributed by atoms with Gasteiger partial charge in [0.05, 0.1) is 18.7 Å². The van der Waals surface area contributed by atoms with Crippen molar-refractivity contribution >= 4 is 11.6 Å². The molecule has 0 bridgehead atoms. The third kappa shape index (κ3) is 2.00. The van der Waals surface area contributed by atoms with Crippen LogP contribution in [0.2, 0.25) is 0 Å². The summed E-state index contributed by atoms with van der Waals surface area (Å²) >= 11 is 0. The van der Waals surface area contributed by atoms with Crippen molar-refractivity contribution in [2.24, 2.45) is 0 Å². The van der Waals surface area contributed by atoms with Crippen molar-refractivity contribution in [1.82, 2.24) is 19.1 Å². The van der Waals surface area contributed by atoms with E-state index in [4.69, 9.17) is 0 Å². The van der Waals surface area contributed by atoms with E-state index >= 15 is 0 Å². The number of likely N-dealkylation sites (tertiary alicyclic amines) is 1. The number of amides is 1. The molecule has 1 aliphatic rings. The van der Waals surface area contributed by atoms with Crippen LogP contribution in [0.4, 0.5) is 0 Å². The number of β-amino-alcohol motifs (C(OH)–C–C–N with tert-alkyl or cyclic N) is 1. The van der Waals surface area contributed by atoms with E-state index in [0.717, 1.165) is 4.68 Å². The highest BCUT2D eigenvalue weighted by atomic mass is 16.3. The van der Waals surface area contributed by atoms with E-state index in [-0.39, 0.29) is 18.1 Å². The van der Waals surface area contributed by atoms with Gasteiger partial charge in [-0.05, 0) is 18.6 Å². The van der Waals surface area contributed by atoms with Gasteiger partial charge >= 0.3 is 5.69 Å². The minimum Gasteiger partial charge on any atom is -0.386 e. The lowest BCUT2D eigenvalue weighted by molar-refractivity contribution is -0.156. The largest absolute Gasteiger partial charge is 0.386 e. The molecule has 3 rings (SSSR count). The molecule has 3 heterocycles. The predicted molar refractivity (Wildman–Crippen MR) is 71.3 cm³/mol. The number of hydrogen-bond acceptors (Lipinski definition) is 4. The van der Waals surface area contributed by atoms with E-state index < -0.39 is 5.60 Å². The van der Waals surface area contributed by atoms with Crippen LogP contribution in [0.15, 0.2) is 29.2 Å². The van der Waals surface area contributed by atoms with Gasteiger partial charge < -0.3 is 10.0 Å². The molecule has 0 atom stereocenters. The third-order valence-corrected chi connectivity index (χ3v) is 3.75. The van der Waals surface area contributed by atoms with Crippen LogP contribution in [0.1, 0.15) is 13.3 Å². The molecule has 106 valence electrons. The molecule has 7 nitrogen and oxygen atoms in total. The summed E-state index contributed by atoms with van der Waals surface area (Å²) in [5, 5.41) is 14.0.